The molecular weight excluding hydrogens is 576 g/mol. The van der Waals surface area contributed by atoms with Gasteiger partial charge in [0.05, 0.1) is 15.7 Å². The molecule has 4 rings (SSSR count). The van der Waals surface area contributed by atoms with Crippen molar-refractivity contribution in [1.82, 2.24) is 5.32 Å². The molecule has 3 amide bonds. The number of nitrogens with one attached hydrogen (secondary N) is 3. The van der Waals surface area contributed by atoms with Gasteiger partial charge in [-0.15, -0.1) is 11.8 Å². The van der Waals surface area contributed by atoms with Crippen LogP contribution in [0.1, 0.15) is 40.4 Å². The highest BCUT2D eigenvalue weighted by molar-refractivity contribution is 8.00. The largest absolute Gasteiger partial charge is 0.325 e. The summed E-state index contributed by atoms with van der Waals surface area (Å²) >= 11 is 1.37. The second-order valence-corrected chi connectivity index (χ2v) is 11.3. The van der Waals surface area contributed by atoms with Crippen LogP contribution in [-0.4, -0.2) is 27.9 Å². The highest BCUT2D eigenvalue weighted by atomic mass is 32.2. The lowest BCUT2D eigenvalue weighted by Gasteiger charge is -2.16. The van der Waals surface area contributed by atoms with E-state index in [-0.39, 0.29) is 28.1 Å². The molecule has 0 heterocycles. The molecule has 1 unspecified atom stereocenters. The van der Waals surface area contributed by atoms with Gasteiger partial charge in [0.1, 0.15) is 5.70 Å². The molecule has 44 heavy (non-hydrogen) atoms. The molecule has 0 fully saturated rings. The Morgan fingerprint density at radius 2 is 1.52 bits per heavy atom. The first-order valence-electron chi connectivity index (χ1n) is 13.9. The van der Waals surface area contributed by atoms with E-state index in [2.05, 4.69) is 16.0 Å². The Morgan fingerprint density at radius 1 is 0.841 bits per heavy atom. The molecular formula is C34H32N4O5S. The van der Waals surface area contributed by atoms with Crippen molar-refractivity contribution in [3.05, 3.63) is 135 Å². The molecule has 224 valence electrons. The van der Waals surface area contributed by atoms with Crippen molar-refractivity contribution in [3.63, 3.8) is 0 Å². The van der Waals surface area contributed by atoms with E-state index in [0.717, 1.165) is 21.7 Å². The number of carbonyl (C=O) groups excluding carboxylic acids is 3. The van der Waals surface area contributed by atoms with Crippen molar-refractivity contribution in [3.8, 4) is 0 Å². The van der Waals surface area contributed by atoms with Gasteiger partial charge in [-0.25, -0.2) is 0 Å². The molecule has 0 aliphatic heterocycles. The zero-order valence-corrected chi connectivity index (χ0v) is 25.3. The van der Waals surface area contributed by atoms with Gasteiger partial charge in [-0.1, -0.05) is 49.4 Å². The molecule has 0 aliphatic carbocycles. The van der Waals surface area contributed by atoms with Gasteiger partial charge in [0.25, 0.3) is 17.5 Å². The van der Waals surface area contributed by atoms with Crippen LogP contribution in [0.25, 0.3) is 6.08 Å². The van der Waals surface area contributed by atoms with Crippen LogP contribution in [0.5, 0.6) is 0 Å². The number of hydrogen-bond acceptors (Lipinski definition) is 6. The Labute approximate surface area is 259 Å². The molecule has 0 bridgehead atoms. The maximum Gasteiger partial charge on any atom is 0.276 e. The number of anilines is 2. The van der Waals surface area contributed by atoms with E-state index < -0.39 is 16.7 Å². The minimum absolute atomic E-state index is 0.129. The van der Waals surface area contributed by atoms with Gasteiger partial charge in [0.15, 0.2) is 0 Å². The van der Waals surface area contributed by atoms with Crippen molar-refractivity contribution >= 4 is 52.6 Å². The van der Waals surface area contributed by atoms with Gasteiger partial charge in [0.2, 0.25) is 5.91 Å². The quantitative estimate of drug-likeness (QED) is 0.0719. The summed E-state index contributed by atoms with van der Waals surface area (Å²) in [5, 5.41) is 19.6. The van der Waals surface area contributed by atoms with Gasteiger partial charge in [-0.3, -0.25) is 24.5 Å². The van der Waals surface area contributed by atoms with Gasteiger partial charge in [0, 0.05) is 27.9 Å². The van der Waals surface area contributed by atoms with E-state index in [1.807, 2.05) is 45.0 Å². The van der Waals surface area contributed by atoms with Crippen LogP contribution in [0.2, 0.25) is 0 Å². The summed E-state index contributed by atoms with van der Waals surface area (Å²) in [5.41, 5.74) is 3.35. The molecule has 3 N–H and O–H groups in total. The van der Waals surface area contributed by atoms with Gasteiger partial charge in [-0.2, -0.15) is 0 Å². The van der Waals surface area contributed by atoms with Crippen molar-refractivity contribution in [1.29, 1.82) is 0 Å². The normalized spacial score (nSPS) is 11.8. The van der Waals surface area contributed by atoms with Crippen LogP contribution >= 0.6 is 11.8 Å². The second-order valence-electron chi connectivity index (χ2n) is 10.1. The molecule has 0 aliphatic rings. The molecule has 0 saturated heterocycles. The lowest BCUT2D eigenvalue weighted by atomic mass is 10.1. The number of para-hydroxylation sites is 1. The number of nitro groups is 1. The molecule has 0 aromatic heterocycles. The first-order chi connectivity index (χ1) is 21.1. The van der Waals surface area contributed by atoms with E-state index >= 15 is 0 Å². The summed E-state index contributed by atoms with van der Waals surface area (Å²) in [4.78, 5) is 51.3. The molecule has 4 aromatic carbocycles. The zero-order chi connectivity index (χ0) is 31.6. The summed E-state index contributed by atoms with van der Waals surface area (Å²) in [6, 6.07) is 27.2. The standard InChI is InChI=1S/C34H32N4O5S/c1-4-31(34(41)36-27-18-22(2)17-23(3)19-27)44-28-15-10-14-26(21-28)35-33(40)29(37-32(39)24-11-6-5-7-12-24)20-25-13-8-9-16-30(25)38(42)43/h5-21,31H,4H2,1-3H3,(H,35,40)(H,36,41)(H,37,39)/b29-20+. The minimum atomic E-state index is -0.672. The predicted molar refractivity (Wildman–Crippen MR) is 175 cm³/mol. The Hall–Kier alpha value is -5.22. The van der Waals surface area contributed by atoms with Gasteiger partial charge >= 0.3 is 0 Å². The Balaban J connectivity index is 1.54. The predicted octanol–water partition coefficient (Wildman–Crippen LogP) is 7.13. The second kappa shape index (κ2) is 14.8. The maximum atomic E-state index is 13.5. The first kappa shape index (κ1) is 31.7. The highest BCUT2D eigenvalue weighted by Gasteiger charge is 2.21. The lowest BCUT2D eigenvalue weighted by Crippen LogP contribution is -2.30. The first-order valence-corrected chi connectivity index (χ1v) is 14.8. The molecule has 9 nitrogen and oxygen atoms in total. The Kier molecular flexibility index (Phi) is 10.7. The number of amides is 3. The fraction of sp³-hybridized carbons (Fsp3) is 0.147. The number of hydrogen-bond donors (Lipinski definition) is 3. The van der Waals surface area contributed by atoms with Crippen LogP contribution in [0, 0.1) is 24.0 Å². The summed E-state index contributed by atoms with van der Waals surface area (Å²) in [5.74, 6) is -1.35. The smallest absolute Gasteiger partial charge is 0.276 e. The Morgan fingerprint density at radius 3 is 2.20 bits per heavy atom. The molecule has 0 spiro atoms. The summed E-state index contributed by atoms with van der Waals surface area (Å²) in [7, 11) is 0. The third-order valence-electron chi connectivity index (χ3n) is 6.48. The third-order valence-corrected chi connectivity index (χ3v) is 7.84. The number of nitro benzene ring substituents is 1. The number of thioether (sulfide) groups is 1. The molecule has 0 radical (unpaired) electrons. The zero-order valence-electron chi connectivity index (χ0n) is 24.5. The van der Waals surface area contributed by atoms with Crippen molar-refractivity contribution < 1.29 is 19.3 Å². The summed E-state index contributed by atoms with van der Waals surface area (Å²) in [6.07, 6.45) is 1.85. The monoisotopic (exact) mass is 608 g/mol. The lowest BCUT2D eigenvalue weighted by molar-refractivity contribution is -0.385. The fourth-order valence-electron chi connectivity index (χ4n) is 4.48. The third kappa shape index (κ3) is 8.65. The van der Waals surface area contributed by atoms with Gasteiger partial charge in [-0.05, 0) is 86.0 Å². The number of aryl methyl sites for hydroxylation is 2. The average molecular weight is 609 g/mol. The summed E-state index contributed by atoms with van der Waals surface area (Å²) in [6.45, 7) is 5.88. The molecule has 0 saturated carbocycles. The number of carbonyl (C=O) groups is 3. The van der Waals surface area contributed by atoms with E-state index in [9.17, 15) is 24.5 Å². The SMILES string of the molecule is CCC(Sc1cccc(NC(=O)/C(=C\c2ccccc2[N+](=O)[O-])NC(=O)c2ccccc2)c1)C(=O)Nc1cc(C)cc(C)c1. The van der Waals surface area contributed by atoms with E-state index in [4.69, 9.17) is 0 Å². The van der Waals surface area contributed by atoms with E-state index in [1.165, 1.54) is 36.0 Å². The van der Waals surface area contributed by atoms with Crippen LogP contribution in [0.4, 0.5) is 17.1 Å². The Bertz CT molecular complexity index is 1700. The molecule has 4 aromatic rings. The molecule has 1 atom stereocenters. The average Bonchev–Trinajstić information content (AvgIpc) is 2.99. The van der Waals surface area contributed by atoms with E-state index in [0.29, 0.717) is 17.7 Å². The molecule has 10 heteroatoms. The number of rotatable bonds is 11. The van der Waals surface area contributed by atoms with Crippen LogP contribution in [-0.2, 0) is 9.59 Å². The fourth-order valence-corrected chi connectivity index (χ4v) is 5.49. The minimum Gasteiger partial charge on any atom is -0.325 e. The highest BCUT2D eigenvalue weighted by Crippen LogP contribution is 2.29. The van der Waals surface area contributed by atoms with Crippen molar-refractivity contribution in [2.45, 2.75) is 37.3 Å². The van der Waals surface area contributed by atoms with E-state index in [1.54, 1.807) is 54.6 Å². The van der Waals surface area contributed by atoms with Crippen molar-refractivity contribution in [2.24, 2.45) is 0 Å². The maximum absolute atomic E-state index is 13.5. The van der Waals surface area contributed by atoms with Crippen LogP contribution < -0.4 is 16.0 Å². The number of benzene rings is 4. The van der Waals surface area contributed by atoms with Crippen LogP contribution in [0.3, 0.4) is 0 Å². The topological polar surface area (TPSA) is 130 Å². The van der Waals surface area contributed by atoms with Gasteiger partial charge < -0.3 is 16.0 Å². The summed E-state index contributed by atoms with van der Waals surface area (Å²) < 4.78 is 0. The van der Waals surface area contributed by atoms with Crippen LogP contribution in [0.15, 0.2) is 108 Å². The number of nitrogens with zero attached hydrogens (tertiary/aromatic N) is 1. The van der Waals surface area contributed by atoms with Crippen molar-refractivity contribution in [2.75, 3.05) is 10.6 Å².